The Bertz CT molecular complexity index is 560. The van der Waals surface area contributed by atoms with Gasteiger partial charge in [-0.15, -0.1) is 0 Å². The molecule has 0 aliphatic carbocycles. The number of nitrogens with zero attached hydrogens (tertiary/aromatic N) is 1. The van der Waals surface area contributed by atoms with E-state index in [4.69, 9.17) is 0 Å². The topological polar surface area (TPSA) is 54.0 Å². The van der Waals surface area contributed by atoms with E-state index in [1.807, 2.05) is 43.3 Å². The first-order valence-electron chi connectivity index (χ1n) is 5.88. The van der Waals surface area contributed by atoms with Crippen LogP contribution in [0.2, 0.25) is 0 Å². The number of hydrogen-bond acceptors (Lipinski definition) is 2. The number of aromatic nitrogens is 1. The molecule has 0 saturated carbocycles. The highest BCUT2D eigenvalue weighted by Crippen LogP contribution is 2.16. The molecule has 98 valence electrons. The van der Waals surface area contributed by atoms with Crippen molar-refractivity contribution in [2.24, 2.45) is 0 Å². The number of urea groups is 1. The Morgan fingerprint density at radius 3 is 2.84 bits per heavy atom. The van der Waals surface area contributed by atoms with Crippen LogP contribution in [0.25, 0.3) is 0 Å². The van der Waals surface area contributed by atoms with E-state index in [2.05, 4.69) is 31.5 Å². The lowest BCUT2D eigenvalue weighted by molar-refractivity contribution is 0.249. The first-order valence-corrected chi connectivity index (χ1v) is 6.67. The largest absolute Gasteiger partial charge is 0.331 e. The lowest BCUT2D eigenvalue weighted by Gasteiger charge is -2.14. The molecule has 2 N–H and O–H groups in total. The fraction of sp³-hybridized carbons (Fsp3) is 0.143. The van der Waals surface area contributed by atoms with Gasteiger partial charge in [0.15, 0.2) is 0 Å². The van der Waals surface area contributed by atoms with Crippen LogP contribution < -0.4 is 10.6 Å². The number of carbonyl (C=O) groups is 1. The number of nitrogens with one attached hydrogen (secondary N) is 2. The second-order valence-corrected chi connectivity index (χ2v) is 5.03. The molecule has 2 rings (SSSR count). The average Bonchev–Trinajstić information content (AvgIpc) is 2.39. The van der Waals surface area contributed by atoms with Gasteiger partial charge in [0.25, 0.3) is 0 Å². The summed E-state index contributed by atoms with van der Waals surface area (Å²) in [5.74, 6) is 0. The highest BCUT2D eigenvalue weighted by Gasteiger charge is 2.09. The van der Waals surface area contributed by atoms with Gasteiger partial charge in [0.05, 0.1) is 6.04 Å². The molecule has 19 heavy (non-hydrogen) atoms. The minimum absolute atomic E-state index is 0.0964. The van der Waals surface area contributed by atoms with Gasteiger partial charge in [-0.05, 0) is 36.8 Å². The van der Waals surface area contributed by atoms with Gasteiger partial charge in [0.1, 0.15) is 0 Å². The third-order valence-corrected chi connectivity index (χ3v) is 3.11. The van der Waals surface area contributed by atoms with Crippen molar-refractivity contribution < 1.29 is 4.79 Å². The lowest BCUT2D eigenvalue weighted by Crippen LogP contribution is -2.31. The summed E-state index contributed by atoms with van der Waals surface area (Å²) in [7, 11) is 0. The smallest absolute Gasteiger partial charge is 0.319 e. The minimum Gasteiger partial charge on any atom is -0.331 e. The first-order chi connectivity index (χ1) is 9.15. The van der Waals surface area contributed by atoms with Crippen molar-refractivity contribution in [3.05, 3.63) is 58.8 Å². The zero-order chi connectivity index (χ0) is 13.7. The summed E-state index contributed by atoms with van der Waals surface area (Å²) in [5.41, 5.74) is 1.71. The Kier molecular flexibility index (Phi) is 4.52. The molecule has 0 saturated heterocycles. The summed E-state index contributed by atoms with van der Waals surface area (Å²) in [4.78, 5) is 15.9. The predicted molar refractivity (Wildman–Crippen MR) is 78.9 cm³/mol. The van der Waals surface area contributed by atoms with E-state index in [0.717, 1.165) is 15.7 Å². The Labute approximate surface area is 120 Å². The van der Waals surface area contributed by atoms with Crippen LogP contribution in [0.5, 0.6) is 0 Å². The van der Waals surface area contributed by atoms with E-state index in [0.29, 0.717) is 0 Å². The second kappa shape index (κ2) is 6.33. The molecule has 0 aliphatic rings. The number of hydrogen-bond donors (Lipinski definition) is 2. The summed E-state index contributed by atoms with van der Waals surface area (Å²) >= 11 is 3.36. The van der Waals surface area contributed by atoms with Crippen LogP contribution in [0.3, 0.4) is 0 Å². The van der Waals surface area contributed by atoms with Gasteiger partial charge in [0, 0.05) is 22.6 Å². The number of rotatable bonds is 3. The summed E-state index contributed by atoms with van der Waals surface area (Å²) in [6.07, 6.45) is 3.45. The molecule has 0 radical (unpaired) electrons. The number of amides is 2. The molecule has 0 spiro atoms. The summed E-state index contributed by atoms with van der Waals surface area (Å²) < 4.78 is 0.922. The van der Waals surface area contributed by atoms with E-state index in [-0.39, 0.29) is 12.1 Å². The lowest BCUT2D eigenvalue weighted by atomic mass is 10.1. The molecule has 5 heteroatoms. The van der Waals surface area contributed by atoms with Gasteiger partial charge in [-0.25, -0.2) is 4.79 Å². The van der Waals surface area contributed by atoms with E-state index < -0.39 is 0 Å². The molecule has 4 nitrogen and oxygen atoms in total. The normalized spacial score (nSPS) is 11.7. The van der Waals surface area contributed by atoms with E-state index in [1.165, 1.54) is 0 Å². The Balaban J connectivity index is 1.95. The molecular weight excluding hydrogens is 306 g/mol. The highest BCUT2D eigenvalue weighted by molar-refractivity contribution is 9.10. The standard InChI is InChI=1S/C14H14BrN3O/c1-10(11-4-3-7-16-9-11)17-14(19)18-13-6-2-5-12(15)8-13/h2-10H,1H3,(H2,17,18,19)/t10-/m1/s1. The molecule has 1 heterocycles. The third kappa shape index (κ3) is 4.06. The van der Waals surface area contributed by atoms with E-state index in [1.54, 1.807) is 12.4 Å². The maximum absolute atomic E-state index is 11.8. The molecule has 2 amide bonds. The molecule has 1 aromatic heterocycles. The maximum Gasteiger partial charge on any atom is 0.319 e. The molecule has 0 unspecified atom stereocenters. The number of anilines is 1. The van der Waals surface area contributed by atoms with Gasteiger partial charge in [-0.1, -0.05) is 28.1 Å². The molecular formula is C14H14BrN3O. The fourth-order valence-electron chi connectivity index (χ4n) is 1.65. The van der Waals surface area contributed by atoms with Crippen LogP contribution >= 0.6 is 15.9 Å². The fourth-order valence-corrected chi connectivity index (χ4v) is 2.04. The molecule has 0 fully saturated rings. The minimum atomic E-state index is -0.241. The van der Waals surface area contributed by atoms with Gasteiger partial charge in [0.2, 0.25) is 0 Å². The number of benzene rings is 1. The van der Waals surface area contributed by atoms with Crippen molar-refractivity contribution in [1.82, 2.24) is 10.3 Å². The molecule has 2 aromatic rings. The first kappa shape index (κ1) is 13.5. The molecule has 1 aromatic carbocycles. The van der Waals surface area contributed by atoms with Crippen LogP contribution in [0.15, 0.2) is 53.3 Å². The van der Waals surface area contributed by atoms with Crippen LogP contribution in [0.4, 0.5) is 10.5 Å². The van der Waals surface area contributed by atoms with Crippen molar-refractivity contribution >= 4 is 27.6 Å². The van der Waals surface area contributed by atoms with Crippen molar-refractivity contribution in [2.75, 3.05) is 5.32 Å². The van der Waals surface area contributed by atoms with Gasteiger partial charge in [-0.2, -0.15) is 0 Å². The third-order valence-electron chi connectivity index (χ3n) is 2.61. The summed E-state index contributed by atoms with van der Waals surface area (Å²) in [5, 5.41) is 5.64. The van der Waals surface area contributed by atoms with E-state index >= 15 is 0 Å². The predicted octanol–water partition coefficient (Wildman–Crippen LogP) is 3.73. The van der Waals surface area contributed by atoms with Crippen molar-refractivity contribution in [2.45, 2.75) is 13.0 Å². The molecule has 0 aliphatic heterocycles. The van der Waals surface area contributed by atoms with Gasteiger partial charge < -0.3 is 10.6 Å². The maximum atomic E-state index is 11.8. The van der Waals surface area contributed by atoms with Crippen LogP contribution in [0.1, 0.15) is 18.5 Å². The van der Waals surface area contributed by atoms with Gasteiger partial charge >= 0.3 is 6.03 Å². The average molecular weight is 320 g/mol. The molecule has 1 atom stereocenters. The summed E-state index contributed by atoms with van der Waals surface area (Å²) in [6, 6.07) is 10.9. The quantitative estimate of drug-likeness (QED) is 0.905. The van der Waals surface area contributed by atoms with Crippen molar-refractivity contribution in [3.63, 3.8) is 0 Å². The Morgan fingerprint density at radius 2 is 2.16 bits per heavy atom. The number of halogens is 1. The van der Waals surface area contributed by atoms with E-state index in [9.17, 15) is 4.79 Å². The SMILES string of the molecule is C[C@@H](NC(=O)Nc1cccc(Br)c1)c1cccnc1. The Morgan fingerprint density at radius 1 is 1.32 bits per heavy atom. The van der Waals surface area contributed by atoms with Crippen LogP contribution in [0, 0.1) is 0 Å². The second-order valence-electron chi connectivity index (χ2n) is 4.12. The zero-order valence-electron chi connectivity index (χ0n) is 10.4. The van der Waals surface area contributed by atoms with Crippen molar-refractivity contribution in [1.29, 1.82) is 0 Å². The highest BCUT2D eigenvalue weighted by atomic mass is 79.9. The zero-order valence-corrected chi connectivity index (χ0v) is 12.0. The van der Waals surface area contributed by atoms with Crippen LogP contribution in [-0.2, 0) is 0 Å². The number of carbonyl (C=O) groups excluding carboxylic acids is 1. The number of pyridine rings is 1. The van der Waals surface area contributed by atoms with Crippen molar-refractivity contribution in [3.8, 4) is 0 Å². The molecule has 0 bridgehead atoms. The summed E-state index contributed by atoms with van der Waals surface area (Å²) in [6.45, 7) is 1.91. The monoisotopic (exact) mass is 319 g/mol. The van der Waals surface area contributed by atoms with Gasteiger partial charge in [-0.3, -0.25) is 4.98 Å². The Hall–Kier alpha value is -1.88. The van der Waals surface area contributed by atoms with Crippen LogP contribution in [-0.4, -0.2) is 11.0 Å².